The zero-order valence-electron chi connectivity index (χ0n) is 15.3. The average molecular weight is 344 g/mol. The lowest BCUT2D eigenvalue weighted by molar-refractivity contribution is -0.120. The minimum Gasteiger partial charge on any atom is -0.429 e. The number of fused-ring (bicyclic) bond motifs is 5. The molecule has 132 valence electrons. The quantitative estimate of drug-likeness (QED) is 0.435. The van der Waals surface area contributed by atoms with Crippen molar-refractivity contribution < 1.29 is 9.53 Å². The van der Waals surface area contributed by atoms with E-state index >= 15 is 0 Å². The average Bonchev–Trinajstić information content (AvgIpc) is 3.21. The Bertz CT molecular complexity index is 1000. The second-order valence-corrected chi connectivity index (χ2v) is 8.36. The first-order chi connectivity index (χ1) is 12.7. The van der Waals surface area contributed by atoms with Crippen molar-refractivity contribution in [2.45, 2.75) is 32.6 Å². The van der Waals surface area contributed by atoms with Gasteiger partial charge in [-0.05, 0) is 81.7 Å². The molecular weight excluding hydrogens is 320 g/mol. The highest BCUT2D eigenvalue weighted by Crippen LogP contribution is 2.58. The van der Waals surface area contributed by atoms with E-state index in [0.29, 0.717) is 12.2 Å². The van der Waals surface area contributed by atoms with Gasteiger partial charge in [0, 0.05) is 0 Å². The lowest BCUT2D eigenvalue weighted by Gasteiger charge is -2.32. The van der Waals surface area contributed by atoms with Gasteiger partial charge in [0.1, 0.15) is 5.75 Å². The van der Waals surface area contributed by atoms with Crippen LogP contribution < -0.4 is 4.74 Å². The molecule has 0 heterocycles. The maximum Gasteiger partial charge on any atom is 0.298 e. The summed E-state index contributed by atoms with van der Waals surface area (Å²) in [5.74, 6) is 4.84. The first-order valence-corrected chi connectivity index (χ1v) is 9.72. The van der Waals surface area contributed by atoms with Gasteiger partial charge in [-0.25, -0.2) is 0 Å². The van der Waals surface area contributed by atoms with Crippen LogP contribution in [0, 0.1) is 23.7 Å². The number of ether oxygens (including phenoxy) is 1. The number of benzene rings is 3. The number of hydrogen-bond donors (Lipinski definition) is 0. The molecule has 0 aromatic heterocycles. The van der Waals surface area contributed by atoms with E-state index in [1.165, 1.54) is 34.6 Å². The molecule has 5 rings (SSSR count). The topological polar surface area (TPSA) is 26.3 Å². The fraction of sp³-hybridized carbons (Fsp3) is 0.375. The Labute approximate surface area is 154 Å². The summed E-state index contributed by atoms with van der Waals surface area (Å²) in [6.45, 7) is 5.38. The van der Waals surface area contributed by atoms with Crippen LogP contribution in [0.25, 0.3) is 21.5 Å². The predicted octanol–water partition coefficient (Wildman–Crippen LogP) is 5.92. The van der Waals surface area contributed by atoms with Gasteiger partial charge in [-0.15, -0.1) is 0 Å². The molecule has 2 aliphatic carbocycles. The van der Waals surface area contributed by atoms with Crippen LogP contribution in [0.2, 0.25) is 0 Å². The van der Waals surface area contributed by atoms with Crippen LogP contribution in [0.3, 0.4) is 0 Å². The van der Waals surface area contributed by atoms with Gasteiger partial charge in [-0.3, -0.25) is 4.79 Å². The van der Waals surface area contributed by atoms with Crippen LogP contribution in [0.15, 0.2) is 48.5 Å². The van der Waals surface area contributed by atoms with E-state index in [9.17, 15) is 4.79 Å². The molecule has 2 bridgehead atoms. The summed E-state index contributed by atoms with van der Waals surface area (Å²) in [5, 5.41) is 4.89. The van der Waals surface area contributed by atoms with Gasteiger partial charge in [-0.1, -0.05) is 50.2 Å². The van der Waals surface area contributed by atoms with E-state index in [0.717, 1.165) is 35.0 Å². The molecule has 3 aromatic rings. The van der Waals surface area contributed by atoms with Gasteiger partial charge < -0.3 is 4.74 Å². The van der Waals surface area contributed by atoms with Crippen molar-refractivity contribution in [3.05, 3.63) is 54.1 Å². The van der Waals surface area contributed by atoms with Gasteiger partial charge in [-0.2, -0.15) is 0 Å². The van der Waals surface area contributed by atoms with Gasteiger partial charge >= 0.3 is 0 Å². The molecule has 5 unspecified atom stereocenters. The van der Waals surface area contributed by atoms with Crippen molar-refractivity contribution in [1.82, 2.24) is 0 Å². The minimum absolute atomic E-state index is 0.478. The van der Waals surface area contributed by atoms with Crippen LogP contribution >= 0.6 is 0 Å². The first kappa shape index (κ1) is 15.9. The number of hydrogen-bond acceptors (Lipinski definition) is 2. The fourth-order valence-electron chi connectivity index (χ4n) is 5.75. The molecule has 0 aliphatic heterocycles. The van der Waals surface area contributed by atoms with E-state index in [4.69, 9.17) is 4.74 Å². The summed E-state index contributed by atoms with van der Waals surface area (Å²) in [7, 11) is 0. The molecular formula is C24H24O2. The first-order valence-electron chi connectivity index (χ1n) is 9.72. The van der Waals surface area contributed by atoms with Crippen molar-refractivity contribution in [3.8, 4) is 5.75 Å². The molecule has 2 nitrogen and oxygen atoms in total. The Hall–Kier alpha value is -2.35. The van der Waals surface area contributed by atoms with E-state index in [1.54, 1.807) is 0 Å². The van der Waals surface area contributed by atoms with Gasteiger partial charge in [0.25, 0.3) is 6.47 Å². The molecule has 2 heteroatoms. The molecule has 0 saturated heterocycles. The largest absolute Gasteiger partial charge is 0.429 e. The molecule has 26 heavy (non-hydrogen) atoms. The second kappa shape index (κ2) is 5.84. The van der Waals surface area contributed by atoms with Crippen molar-refractivity contribution >= 4 is 28.0 Å². The fourth-order valence-corrected chi connectivity index (χ4v) is 5.75. The molecule has 2 saturated carbocycles. The summed E-state index contributed by atoms with van der Waals surface area (Å²) in [6, 6.07) is 17.2. The highest BCUT2D eigenvalue weighted by atomic mass is 16.5. The monoisotopic (exact) mass is 344 g/mol. The molecule has 5 atom stereocenters. The highest BCUT2D eigenvalue weighted by Gasteiger charge is 2.48. The maximum absolute atomic E-state index is 10.6. The highest BCUT2D eigenvalue weighted by molar-refractivity contribution is 6.08. The Kier molecular flexibility index (Phi) is 3.56. The maximum atomic E-state index is 10.6. The second-order valence-electron chi connectivity index (χ2n) is 8.36. The molecule has 2 fully saturated rings. The third kappa shape index (κ3) is 2.28. The van der Waals surface area contributed by atoms with Gasteiger partial charge in [0.2, 0.25) is 0 Å². The van der Waals surface area contributed by atoms with Crippen LogP contribution in [0.1, 0.15) is 38.2 Å². The Morgan fingerprint density at radius 1 is 0.885 bits per heavy atom. The Morgan fingerprint density at radius 3 is 2.31 bits per heavy atom. The molecule has 0 N–H and O–H groups in total. The summed E-state index contributed by atoms with van der Waals surface area (Å²) in [4.78, 5) is 10.6. The SMILES string of the molecule is CC1C2CC(c3ccc4c(ccc5cc(OC=O)ccc54)c3)C(C2)C1C. The lowest BCUT2D eigenvalue weighted by Crippen LogP contribution is -2.23. The summed E-state index contributed by atoms with van der Waals surface area (Å²) in [6.07, 6.45) is 2.78. The van der Waals surface area contributed by atoms with E-state index in [-0.39, 0.29) is 0 Å². The van der Waals surface area contributed by atoms with Crippen molar-refractivity contribution in [2.75, 3.05) is 0 Å². The van der Waals surface area contributed by atoms with Gasteiger partial charge in [0.15, 0.2) is 0 Å². The van der Waals surface area contributed by atoms with Crippen LogP contribution in [0.4, 0.5) is 0 Å². The zero-order chi connectivity index (χ0) is 17.8. The third-order valence-electron chi connectivity index (χ3n) is 7.34. The van der Waals surface area contributed by atoms with Crippen molar-refractivity contribution in [1.29, 1.82) is 0 Å². The van der Waals surface area contributed by atoms with E-state index in [1.807, 2.05) is 12.1 Å². The van der Waals surface area contributed by atoms with Crippen molar-refractivity contribution in [3.63, 3.8) is 0 Å². The molecule has 0 radical (unpaired) electrons. The summed E-state index contributed by atoms with van der Waals surface area (Å²) >= 11 is 0. The lowest BCUT2D eigenvalue weighted by atomic mass is 9.73. The van der Waals surface area contributed by atoms with Crippen LogP contribution in [-0.4, -0.2) is 6.47 Å². The predicted molar refractivity (Wildman–Crippen MR) is 105 cm³/mol. The summed E-state index contributed by atoms with van der Waals surface area (Å²) < 4.78 is 4.98. The standard InChI is InChI=1S/C24H24O2/c1-14-15(2)23-11-19(14)12-24(23)17-5-7-21-16(9-17)3-4-18-10-20(26-13-25)6-8-22(18)21/h3-10,13-15,19,23-24H,11-12H2,1-2H3. The van der Waals surface area contributed by atoms with E-state index in [2.05, 4.69) is 50.2 Å². The minimum atomic E-state index is 0.478. The molecule has 2 aliphatic rings. The third-order valence-corrected chi connectivity index (χ3v) is 7.34. The normalized spacial score (nSPS) is 30.2. The van der Waals surface area contributed by atoms with Gasteiger partial charge in [0.05, 0.1) is 0 Å². The van der Waals surface area contributed by atoms with Crippen LogP contribution in [-0.2, 0) is 4.79 Å². The number of rotatable bonds is 3. The zero-order valence-corrected chi connectivity index (χ0v) is 15.3. The van der Waals surface area contributed by atoms with Crippen LogP contribution in [0.5, 0.6) is 5.75 Å². The molecule has 0 spiro atoms. The summed E-state index contributed by atoms with van der Waals surface area (Å²) in [5.41, 5.74) is 1.52. The number of carbonyl (C=O) groups is 1. The van der Waals surface area contributed by atoms with E-state index < -0.39 is 0 Å². The Morgan fingerprint density at radius 2 is 1.62 bits per heavy atom. The smallest absolute Gasteiger partial charge is 0.298 e. The Balaban J connectivity index is 1.55. The number of carbonyl (C=O) groups excluding carboxylic acids is 1. The van der Waals surface area contributed by atoms with Crippen molar-refractivity contribution in [2.24, 2.45) is 23.7 Å². The molecule has 0 amide bonds. The molecule has 3 aromatic carbocycles.